The van der Waals surface area contributed by atoms with Gasteiger partial charge in [-0.05, 0) is 31.0 Å². The molecule has 0 spiro atoms. The number of hydrogen-bond acceptors (Lipinski definition) is 4. The number of halogens is 1. The number of amides is 1. The van der Waals surface area contributed by atoms with Gasteiger partial charge in [0.1, 0.15) is 17.5 Å². The van der Waals surface area contributed by atoms with Crippen molar-refractivity contribution in [2.75, 3.05) is 13.7 Å². The number of likely N-dealkylation sites (tertiary alicyclic amines) is 1. The van der Waals surface area contributed by atoms with E-state index in [9.17, 15) is 14.0 Å². The number of carbonyl (C=O) groups is 2. The lowest BCUT2D eigenvalue weighted by Crippen LogP contribution is -2.41. The van der Waals surface area contributed by atoms with Gasteiger partial charge >= 0.3 is 5.97 Å². The average Bonchev–Trinajstić information content (AvgIpc) is 3.23. The highest BCUT2D eigenvalue weighted by molar-refractivity contribution is 5.95. The van der Waals surface area contributed by atoms with E-state index in [1.807, 2.05) is 0 Å². The van der Waals surface area contributed by atoms with E-state index in [2.05, 4.69) is 5.10 Å². The molecule has 3 rings (SSSR count). The number of ether oxygens (including phenoxy) is 1. The van der Waals surface area contributed by atoms with Gasteiger partial charge in [-0.3, -0.25) is 4.79 Å². The summed E-state index contributed by atoms with van der Waals surface area (Å²) in [6, 6.07) is 7.11. The van der Waals surface area contributed by atoms with E-state index in [0.29, 0.717) is 13.0 Å². The van der Waals surface area contributed by atoms with Crippen LogP contribution in [0.5, 0.6) is 0 Å². The Morgan fingerprint density at radius 3 is 2.83 bits per heavy atom. The Morgan fingerprint density at radius 1 is 1.30 bits per heavy atom. The van der Waals surface area contributed by atoms with Crippen molar-refractivity contribution in [1.82, 2.24) is 14.7 Å². The Kier molecular flexibility index (Phi) is 4.10. The molecule has 6 nitrogen and oxygen atoms in total. The number of esters is 1. The molecule has 1 aliphatic heterocycles. The molecule has 23 heavy (non-hydrogen) atoms. The van der Waals surface area contributed by atoms with Crippen LogP contribution < -0.4 is 0 Å². The van der Waals surface area contributed by atoms with E-state index in [1.165, 1.54) is 35.0 Å². The zero-order valence-electron chi connectivity index (χ0n) is 12.6. The quantitative estimate of drug-likeness (QED) is 0.810. The van der Waals surface area contributed by atoms with Gasteiger partial charge in [0.15, 0.2) is 5.69 Å². The molecule has 1 unspecified atom stereocenters. The van der Waals surface area contributed by atoms with Gasteiger partial charge < -0.3 is 9.64 Å². The Bertz CT molecular complexity index is 744. The molecule has 1 saturated heterocycles. The fraction of sp³-hybridized carbons (Fsp3) is 0.312. The maximum absolute atomic E-state index is 13.8. The van der Waals surface area contributed by atoms with E-state index in [4.69, 9.17) is 4.74 Å². The van der Waals surface area contributed by atoms with E-state index in [1.54, 1.807) is 18.2 Å². The standard InChI is InChI=1S/C16H16FN3O3/c1-23-16(22)14-7-4-9-19(14)15(21)12-8-10-20(18-12)13-6-3-2-5-11(13)17/h2-3,5-6,8,10,14H,4,7,9H2,1H3. The summed E-state index contributed by atoms with van der Waals surface area (Å²) in [6.45, 7) is 0.477. The van der Waals surface area contributed by atoms with Crippen LogP contribution in [0.15, 0.2) is 36.5 Å². The number of rotatable bonds is 3. The van der Waals surface area contributed by atoms with Crippen molar-refractivity contribution in [3.63, 3.8) is 0 Å². The van der Waals surface area contributed by atoms with Crippen molar-refractivity contribution in [2.45, 2.75) is 18.9 Å². The number of hydrogen-bond donors (Lipinski definition) is 0. The molecule has 1 aromatic heterocycles. The van der Waals surface area contributed by atoms with E-state index < -0.39 is 17.8 Å². The fourth-order valence-electron chi connectivity index (χ4n) is 2.75. The topological polar surface area (TPSA) is 64.4 Å². The lowest BCUT2D eigenvalue weighted by atomic mass is 10.2. The van der Waals surface area contributed by atoms with Crippen LogP contribution in [0.1, 0.15) is 23.3 Å². The van der Waals surface area contributed by atoms with Crippen molar-refractivity contribution in [2.24, 2.45) is 0 Å². The first-order valence-corrected chi connectivity index (χ1v) is 7.31. The zero-order chi connectivity index (χ0) is 16.4. The Labute approximate surface area is 132 Å². The van der Waals surface area contributed by atoms with Crippen molar-refractivity contribution < 1.29 is 18.7 Å². The number of para-hydroxylation sites is 1. The number of carbonyl (C=O) groups excluding carboxylic acids is 2. The third-order valence-corrected chi connectivity index (χ3v) is 3.89. The minimum atomic E-state index is -0.578. The summed E-state index contributed by atoms with van der Waals surface area (Å²) in [5, 5.41) is 4.14. The molecular formula is C16H16FN3O3. The fourth-order valence-corrected chi connectivity index (χ4v) is 2.75. The molecule has 0 bridgehead atoms. The molecule has 7 heteroatoms. The van der Waals surface area contributed by atoms with Crippen LogP contribution in [-0.2, 0) is 9.53 Å². The summed E-state index contributed by atoms with van der Waals surface area (Å²) in [5.74, 6) is -1.21. The Hall–Kier alpha value is -2.70. The highest BCUT2D eigenvalue weighted by Crippen LogP contribution is 2.21. The summed E-state index contributed by atoms with van der Waals surface area (Å²) >= 11 is 0. The maximum atomic E-state index is 13.8. The molecule has 1 aromatic carbocycles. The third-order valence-electron chi connectivity index (χ3n) is 3.89. The minimum absolute atomic E-state index is 0.170. The largest absolute Gasteiger partial charge is 0.467 e. The first kappa shape index (κ1) is 15.2. The highest BCUT2D eigenvalue weighted by Gasteiger charge is 2.36. The number of aromatic nitrogens is 2. The molecule has 2 heterocycles. The van der Waals surface area contributed by atoms with Crippen LogP contribution >= 0.6 is 0 Å². The predicted octanol–water partition coefficient (Wildman–Crippen LogP) is 1.79. The Morgan fingerprint density at radius 2 is 2.09 bits per heavy atom. The SMILES string of the molecule is COC(=O)C1CCCN1C(=O)c1ccn(-c2ccccc2F)n1. The number of nitrogens with zero attached hydrogens (tertiary/aromatic N) is 3. The second-order valence-electron chi connectivity index (χ2n) is 5.28. The van der Waals surface area contributed by atoms with Crippen LogP contribution in [0.25, 0.3) is 5.69 Å². The number of benzene rings is 1. The molecule has 0 saturated carbocycles. The van der Waals surface area contributed by atoms with Gasteiger partial charge in [0, 0.05) is 12.7 Å². The summed E-state index contributed by atoms with van der Waals surface area (Å²) in [6.07, 6.45) is 2.83. The highest BCUT2D eigenvalue weighted by atomic mass is 19.1. The second kappa shape index (κ2) is 6.20. The summed E-state index contributed by atoms with van der Waals surface area (Å²) in [4.78, 5) is 25.8. The minimum Gasteiger partial charge on any atom is -0.467 e. The lowest BCUT2D eigenvalue weighted by Gasteiger charge is -2.21. The normalized spacial score (nSPS) is 17.3. The van der Waals surface area contributed by atoms with Crippen LogP contribution in [0, 0.1) is 5.82 Å². The van der Waals surface area contributed by atoms with Gasteiger partial charge in [-0.25, -0.2) is 13.9 Å². The van der Waals surface area contributed by atoms with Gasteiger partial charge in [0.05, 0.1) is 7.11 Å². The molecule has 1 fully saturated rings. The van der Waals surface area contributed by atoms with E-state index in [0.717, 1.165) is 6.42 Å². The van der Waals surface area contributed by atoms with Crippen molar-refractivity contribution >= 4 is 11.9 Å². The monoisotopic (exact) mass is 317 g/mol. The van der Waals surface area contributed by atoms with E-state index in [-0.39, 0.29) is 17.3 Å². The summed E-state index contributed by atoms with van der Waals surface area (Å²) in [5.41, 5.74) is 0.432. The number of methoxy groups -OCH3 is 1. The van der Waals surface area contributed by atoms with Crippen molar-refractivity contribution in [3.05, 3.63) is 48.0 Å². The Balaban J connectivity index is 1.84. The lowest BCUT2D eigenvalue weighted by molar-refractivity contribution is -0.145. The van der Waals surface area contributed by atoms with Gasteiger partial charge in [0.2, 0.25) is 0 Å². The maximum Gasteiger partial charge on any atom is 0.328 e. The average molecular weight is 317 g/mol. The van der Waals surface area contributed by atoms with Crippen molar-refractivity contribution in [1.29, 1.82) is 0 Å². The molecule has 1 amide bonds. The van der Waals surface area contributed by atoms with Gasteiger partial charge in [-0.15, -0.1) is 0 Å². The molecule has 0 aliphatic carbocycles. The molecular weight excluding hydrogens is 301 g/mol. The van der Waals surface area contributed by atoms with Crippen LogP contribution in [0.2, 0.25) is 0 Å². The molecule has 1 atom stereocenters. The van der Waals surface area contributed by atoms with Crippen LogP contribution in [0.3, 0.4) is 0 Å². The predicted molar refractivity (Wildman–Crippen MR) is 79.6 cm³/mol. The molecule has 2 aromatic rings. The summed E-state index contributed by atoms with van der Waals surface area (Å²) < 4.78 is 19.8. The van der Waals surface area contributed by atoms with Crippen molar-refractivity contribution in [3.8, 4) is 5.69 Å². The first-order chi connectivity index (χ1) is 11.1. The zero-order valence-corrected chi connectivity index (χ0v) is 12.6. The van der Waals surface area contributed by atoms with Crippen LogP contribution in [-0.4, -0.2) is 46.3 Å². The third kappa shape index (κ3) is 2.81. The van der Waals surface area contributed by atoms with Crippen LogP contribution in [0.4, 0.5) is 4.39 Å². The van der Waals surface area contributed by atoms with Gasteiger partial charge in [-0.1, -0.05) is 12.1 Å². The summed E-state index contributed by atoms with van der Waals surface area (Å²) in [7, 11) is 1.30. The molecule has 0 radical (unpaired) electrons. The molecule has 0 N–H and O–H groups in total. The molecule has 1 aliphatic rings. The second-order valence-corrected chi connectivity index (χ2v) is 5.28. The van der Waals surface area contributed by atoms with Gasteiger partial charge in [0.25, 0.3) is 5.91 Å². The molecule has 120 valence electrons. The van der Waals surface area contributed by atoms with E-state index >= 15 is 0 Å². The first-order valence-electron chi connectivity index (χ1n) is 7.31. The smallest absolute Gasteiger partial charge is 0.328 e. The van der Waals surface area contributed by atoms with Gasteiger partial charge in [-0.2, -0.15) is 5.10 Å².